The van der Waals surface area contributed by atoms with Crippen LogP contribution in [0.3, 0.4) is 0 Å². The lowest BCUT2D eigenvalue weighted by Crippen LogP contribution is -2.49. The van der Waals surface area contributed by atoms with Crippen LogP contribution in [-0.4, -0.2) is 25.7 Å². The predicted molar refractivity (Wildman–Crippen MR) is 65.8 cm³/mol. The molecule has 1 fully saturated rings. The Bertz CT molecular complexity index is 582. The highest BCUT2D eigenvalue weighted by Gasteiger charge is 2.24. The van der Waals surface area contributed by atoms with E-state index in [0.29, 0.717) is 24.1 Å². The lowest BCUT2D eigenvalue weighted by atomic mass is 10.1. The molecule has 1 aromatic carbocycles. The number of hydrogen-bond acceptors (Lipinski definition) is 3. The van der Waals surface area contributed by atoms with E-state index in [1.165, 1.54) is 12.3 Å². The highest BCUT2D eigenvalue weighted by atomic mass is 19.2. The minimum absolute atomic E-state index is 0.239. The maximum Gasteiger partial charge on any atom is 0.185 e. The molecule has 1 aliphatic heterocycles. The summed E-state index contributed by atoms with van der Waals surface area (Å²) < 4.78 is 32.9. The van der Waals surface area contributed by atoms with E-state index in [9.17, 15) is 8.78 Å². The van der Waals surface area contributed by atoms with Gasteiger partial charge in [-0.1, -0.05) is 0 Å². The zero-order valence-corrected chi connectivity index (χ0v) is 10.0. The second-order valence-electron chi connectivity index (χ2n) is 4.66. The SMILES string of the molecule is CC1CN(c2c(F)c(F)cc3ccoc23)CCN1. The Hall–Kier alpha value is -1.62. The number of benzene rings is 1. The number of hydrogen-bond donors (Lipinski definition) is 1. The van der Waals surface area contributed by atoms with E-state index in [-0.39, 0.29) is 11.7 Å². The first-order valence-corrected chi connectivity index (χ1v) is 6.00. The third-order valence-electron chi connectivity index (χ3n) is 3.30. The third kappa shape index (κ3) is 1.75. The second kappa shape index (κ2) is 4.24. The van der Waals surface area contributed by atoms with Crippen LogP contribution in [0.5, 0.6) is 0 Å². The fourth-order valence-corrected chi connectivity index (χ4v) is 2.46. The van der Waals surface area contributed by atoms with E-state index in [4.69, 9.17) is 4.42 Å². The largest absolute Gasteiger partial charge is 0.462 e. The molecule has 0 saturated carbocycles. The average molecular weight is 252 g/mol. The minimum atomic E-state index is -0.829. The molecule has 96 valence electrons. The zero-order chi connectivity index (χ0) is 12.7. The van der Waals surface area contributed by atoms with Crippen LogP contribution in [0.1, 0.15) is 6.92 Å². The van der Waals surface area contributed by atoms with Gasteiger partial charge in [-0.3, -0.25) is 0 Å². The molecule has 0 aliphatic carbocycles. The van der Waals surface area contributed by atoms with Crippen molar-refractivity contribution in [2.24, 2.45) is 0 Å². The van der Waals surface area contributed by atoms with E-state index in [1.807, 2.05) is 11.8 Å². The molecule has 1 aromatic heterocycles. The Kier molecular flexibility index (Phi) is 2.70. The molecule has 1 N–H and O–H groups in total. The van der Waals surface area contributed by atoms with Crippen LogP contribution in [-0.2, 0) is 0 Å². The molecule has 0 amide bonds. The third-order valence-corrected chi connectivity index (χ3v) is 3.30. The molecule has 0 bridgehead atoms. The number of rotatable bonds is 1. The smallest absolute Gasteiger partial charge is 0.185 e. The minimum Gasteiger partial charge on any atom is -0.462 e. The first kappa shape index (κ1) is 11.5. The van der Waals surface area contributed by atoms with Crippen LogP contribution in [0.4, 0.5) is 14.5 Å². The maximum atomic E-state index is 14.0. The lowest BCUT2D eigenvalue weighted by Gasteiger charge is -2.33. The first-order valence-electron chi connectivity index (χ1n) is 6.00. The number of halogens is 2. The van der Waals surface area contributed by atoms with Crippen LogP contribution in [0.15, 0.2) is 22.8 Å². The monoisotopic (exact) mass is 252 g/mol. The summed E-state index contributed by atoms with van der Waals surface area (Å²) in [5.74, 6) is -1.66. The zero-order valence-electron chi connectivity index (χ0n) is 10.0. The van der Waals surface area contributed by atoms with Crippen molar-refractivity contribution < 1.29 is 13.2 Å². The summed E-state index contributed by atoms with van der Waals surface area (Å²) in [5, 5.41) is 3.86. The Morgan fingerprint density at radius 1 is 1.44 bits per heavy atom. The summed E-state index contributed by atoms with van der Waals surface area (Å²) in [6.07, 6.45) is 1.46. The molecule has 5 heteroatoms. The van der Waals surface area contributed by atoms with Gasteiger partial charge in [0.2, 0.25) is 0 Å². The van der Waals surface area contributed by atoms with Crippen molar-refractivity contribution in [2.45, 2.75) is 13.0 Å². The van der Waals surface area contributed by atoms with Crippen LogP contribution in [0.25, 0.3) is 11.0 Å². The Labute approximate surface area is 103 Å². The first-order chi connectivity index (χ1) is 8.66. The summed E-state index contributed by atoms with van der Waals surface area (Å²) in [7, 11) is 0. The van der Waals surface area contributed by atoms with Crippen molar-refractivity contribution in [3.05, 3.63) is 30.0 Å². The van der Waals surface area contributed by atoms with Gasteiger partial charge in [-0.05, 0) is 19.1 Å². The van der Waals surface area contributed by atoms with Gasteiger partial charge in [0, 0.05) is 31.1 Å². The van der Waals surface area contributed by atoms with Gasteiger partial charge in [-0.25, -0.2) is 8.78 Å². The number of furan rings is 1. The number of nitrogens with one attached hydrogen (secondary N) is 1. The van der Waals surface area contributed by atoms with Crippen LogP contribution >= 0.6 is 0 Å². The summed E-state index contributed by atoms with van der Waals surface area (Å²) in [6.45, 7) is 4.04. The standard InChI is InChI=1S/C13H14F2N2O/c1-8-7-17(4-3-16-8)12-11(15)10(14)6-9-2-5-18-13(9)12/h2,5-6,8,16H,3-4,7H2,1H3. The van der Waals surface area contributed by atoms with E-state index in [1.54, 1.807) is 6.07 Å². The van der Waals surface area contributed by atoms with Crippen LogP contribution < -0.4 is 10.2 Å². The summed E-state index contributed by atoms with van der Waals surface area (Å²) in [5.41, 5.74) is 0.659. The molecule has 2 aromatic rings. The molecule has 18 heavy (non-hydrogen) atoms. The molecule has 3 nitrogen and oxygen atoms in total. The highest BCUT2D eigenvalue weighted by Crippen LogP contribution is 2.33. The van der Waals surface area contributed by atoms with Gasteiger partial charge in [0.25, 0.3) is 0 Å². The van der Waals surface area contributed by atoms with Crippen LogP contribution in [0, 0.1) is 11.6 Å². The molecule has 1 aliphatic rings. The summed E-state index contributed by atoms with van der Waals surface area (Å²) >= 11 is 0. The molecule has 3 rings (SSSR count). The van der Waals surface area contributed by atoms with Gasteiger partial charge in [-0.2, -0.15) is 0 Å². The summed E-state index contributed by atoms with van der Waals surface area (Å²) in [6, 6.07) is 3.06. The predicted octanol–water partition coefficient (Wildman–Crippen LogP) is 2.51. The Morgan fingerprint density at radius 3 is 3.06 bits per heavy atom. The average Bonchev–Trinajstić information content (AvgIpc) is 2.78. The number of anilines is 1. The van der Waals surface area contributed by atoms with E-state index >= 15 is 0 Å². The van der Waals surface area contributed by atoms with Crippen molar-refractivity contribution in [2.75, 3.05) is 24.5 Å². The van der Waals surface area contributed by atoms with Crippen molar-refractivity contribution in [1.29, 1.82) is 0 Å². The fourth-order valence-electron chi connectivity index (χ4n) is 2.46. The van der Waals surface area contributed by atoms with Gasteiger partial charge < -0.3 is 14.6 Å². The van der Waals surface area contributed by atoms with E-state index in [2.05, 4.69) is 5.32 Å². The Morgan fingerprint density at radius 2 is 2.28 bits per heavy atom. The van der Waals surface area contributed by atoms with E-state index in [0.717, 1.165) is 6.54 Å². The topological polar surface area (TPSA) is 28.4 Å². The van der Waals surface area contributed by atoms with Gasteiger partial charge in [0.15, 0.2) is 17.2 Å². The normalized spacial score (nSPS) is 20.6. The number of fused-ring (bicyclic) bond motifs is 1. The molecular formula is C13H14F2N2O. The van der Waals surface area contributed by atoms with Crippen molar-refractivity contribution in [1.82, 2.24) is 5.32 Å². The molecular weight excluding hydrogens is 238 g/mol. The van der Waals surface area contributed by atoms with Gasteiger partial charge in [0.05, 0.1) is 6.26 Å². The molecule has 1 unspecified atom stereocenters. The molecule has 0 radical (unpaired) electrons. The van der Waals surface area contributed by atoms with Gasteiger partial charge in [0.1, 0.15) is 5.69 Å². The maximum absolute atomic E-state index is 14.0. The fraction of sp³-hybridized carbons (Fsp3) is 0.385. The molecule has 1 atom stereocenters. The quantitative estimate of drug-likeness (QED) is 0.845. The lowest BCUT2D eigenvalue weighted by molar-refractivity contribution is 0.465. The second-order valence-corrected chi connectivity index (χ2v) is 4.66. The molecule has 1 saturated heterocycles. The summed E-state index contributed by atoms with van der Waals surface area (Å²) in [4.78, 5) is 1.84. The van der Waals surface area contributed by atoms with Crippen molar-refractivity contribution in [3.8, 4) is 0 Å². The highest BCUT2D eigenvalue weighted by molar-refractivity contribution is 5.90. The van der Waals surface area contributed by atoms with Crippen molar-refractivity contribution in [3.63, 3.8) is 0 Å². The Balaban J connectivity index is 2.14. The number of nitrogens with zero attached hydrogens (tertiary/aromatic N) is 1. The van der Waals surface area contributed by atoms with Crippen molar-refractivity contribution >= 4 is 16.7 Å². The van der Waals surface area contributed by atoms with E-state index < -0.39 is 11.6 Å². The number of piperazine rings is 1. The van der Waals surface area contributed by atoms with Crippen LogP contribution in [0.2, 0.25) is 0 Å². The molecule has 0 spiro atoms. The van der Waals surface area contributed by atoms with Gasteiger partial charge >= 0.3 is 0 Å². The van der Waals surface area contributed by atoms with Gasteiger partial charge in [-0.15, -0.1) is 0 Å². The molecule has 2 heterocycles.